The summed E-state index contributed by atoms with van der Waals surface area (Å²) in [5.41, 5.74) is 0.699. The predicted octanol–water partition coefficient (Wildman–Crippen LogP) is 3.61. The number of aliphatic hydroxyl groups is 1. The SMILES string of the molecule is O=C1C(=O)N(Cc2cccnc2)C(c2ccccc2[N+](=O)[O-])C1=C(O)c1ccccc1. The Morgan fingerprint density at radius 1 is 1.03 bits per heavy atom. The summed E-state index contributed by atoms with van der Waals surface area (Å²) in [6.07, 6.45) is 3.12. The number of aliphatic hydroxyl groups excluding tert-OH is 1. The Bertz CT molecular complexity index is 1190. The maximum Gasteiger partial charge on any atom is 0.295 e. The van der Waals surface area contributed by atoms with Crippen LogP contribution in [0.4, 0.5) is 5.69 Å². The van der Waals surface area contributed by atoms with Crippen molar-refractivity contribution in [2.45, 2.75) is 12.6 Å². The largest absolute Gasteiger partial charge is 0.507 e. The van der Waals surface area contributed by atoms with E-state index in [1.54, 1.807) is 60.9 Å². The number of aromatic nitrogens is 1. The van der Waals surface area contributed by atoms with Crippen LogP contribution in [-0.2, 0) is 16.1 Å². The molecule has 0 radical (unpaired) electrons. The van der Waals surface area contributed by atoms with Gasteiger partial charge in [0.1, 0.15) is 5.76 Å². The smallest absolute Gasteiger partial charge is 0.295 e. The van der Waals surface area contributed by atoms with E-state index in [1.807, 2.05) is 0 Å². The molecule has 1 atom stereocenters. The van der Waals surface area contributed by atoms with Crippen molar-refractivity contribution in [3.05, 3.63) is 112 Å². The molecule has 1 N–H and O–H groups in total. The van der Waals surface area contributed by atoms with Crippen molar-refractivity contribution in [3.63, 3.8) is 0 Å². The highest BCUT2D eigenvalue weighted by Gasteiger charge is 2.48. The van der Waals surface area contributed by atoms with E-state index in [-0.39, 0.29) is 29.1 Å². The Balaban J connectivity index is 1.93. The molecule has 0 bridgehead atoms. The molecule has 154 valence electrons. The van der Waals surface area contributed by atoms with Gasteiger partial charge in [-0.1, -0.05) is 48.5 Å². The van der Waals surface area contributed by atoms with E-state index in [2.05, 4.69) is 4.98 Å². The third-order valence-electron chi connectivity index (χ3n) is 5.09. The minimum atomic E-state index is -1.12. The lowest BCUT2D eigenvalue weighted by molar-refractivity contribution is -0.385. The molecule has 0 spiro atoms. The molecule has 1 aromatic heterocycles. The van der Waals surface area contributed by atoms with Gasteiger partial charge in [-0.3, -0.25) is 24.7 Å². The Morgan fingerprint density at radius 2 is 1.74 bits per heavy atom. The van der Waals surface area contributed by atoms with E-state index in [0.29, 0.717) is 11.1 Å². The molecule has 1 amide bonds. The molecule has 1 saturated heterocycles. The van der Waals surface area contributed by atoms with Gasteiger partial charge >= 0.3 is 0 Å². The molecule has 1 aliphatic heterocycles. The number of nitro benzene ring substituents is 1. The maximum atomic E-state index is 13.0. The van der Waals surface area contributed by atoms with Crippen LogP contribution in [0.2, 0.25) is 0 Å². The number of para-hydroxylation sites is 1. The summed E-state index contributed by atoms with van der Waals surface area (Å²) in [5.74, 6) is -2.12. The van der Waals surface area contributed by atoms with E-state index in [1.165, 1.54) is 23.1 Å². The number of nitrogens with zero attached hydrogens (tertiary/aromatic N) is 3. The average Bonchev–Trinajstić information content (AvgIpc) is 3.04. The van der Waals surface area contributed by atoms with Crippen LogP contribution in [-0.4, -0.2) is 31.6 Å². The first kappa shape index (κ1) is 20.0. The Kier molecular flexibility index (Phi) is 5.28. The standard InChI is InChI=1S/C23H17N3O5/c27-21(16-8-2-1-3-9-16)19-20(17-10-4-5-11-18(17)26(30)31)25(23(29)22(19)28)14-15-7-6-12-24-13-15/h1-13,20,27H,14H2. The first-order chi connectivity index (χ1) is 15.0. The second kappa shape index (κ2) is 8.19. The van der Waals surface area contributed by atoms with Crippen LogP contribution in [0.5, 0.6) is 0 Å². The highest BCUT2D eigenvalue weighted by Crippen LogP contribution is 2.43. The zero-order valence-corrected chi connectivity index (χ0v) is 16.2. The number of nitro groups is 1. The van der Waals surface area contributed by atoms with Gasteiger partial charge in [0, 0.05) is 30.6 Å². The summed E-state index contributed by atoms with van der Waals surface area (Å²) in [6, 6.07) is 16.5. The van der Waals surface area contributed by atoms with Crippen LogP contribution in [0, 0.1) is 10.1 Å². The zero-order chi connectivity index (χ0) is 22.0. The van der Waals surface area contributed by atoms with Gasteiger partial charge in [-0.2, -0.15) is 0 Å². The molecule has 3 aromatic rings. The summed E-state index contributed by atoms with van der Waals surface area (Å²) in [7, 11) is 0. The third kappa shape index (κ3) is 3.66. The van der Waals surface area contributed by atoms with Gasteiger partial charge in [0.25, 0.3) is 17.4 Å². The quantitative estimate of drug-likeness (QED) is 0.224. The zero-order valence-electron chi connectivity index (χ0n) is 16.2. The fraction of sp³-hybridized carbons (Fsp3) is 0.0870. The van der Waals surface area contributed by atoms with Crippen LogP contribution in [0.25, 0.3) is 5.76 Å². The number of carbonyl (C=O) groups excluding carboxylic acids is 2. The Hall–Kier alpha value is -4.33. The van der Waals surface area contributed by atoms with Crippen molar-refractivity contribution in [1.82, 2.24) is 9.88 Å². The molecule has 0 saturated carbocycles. The maximum absolute atomic E-state index is 13.0. The summed E-state index contributed by atoms with van der Waals surface area (Å²) in [6.45, 7) is 0.000693. The van der Waals surface area contributed by atoms with Crippen molar-refractivity contribution in [2.24, 2.45) is 0 Å². The Morgan fingerprint density at radius 3 is 2.42 bits per heavy atom. The number of amides is 1. The number of hydrogen-bond acceptors (Lipinski definition) is 6. The minimum Gasteiger partial charge on any atom is -0.507 e. The van der Waals surface area contributed by atoms with Crippen LogP contribution >= 0.6 is 0 Å². The molecule has 2 heterocycles. The highest BCUT2D eigenvalue weighted by molar-refractivity contribution is 6.46. The molecule has 31 heavy (non-hydrogen) atoms. The summed E-state index contributed by atoms with van der Waals surface area (Å²) < 4.78 is 0. The van der Waals surface area contributed by atoms with Gasteiger partial charge in [-0.05, 0) is 17.7 Å². The molecule has 2 aromatic carbocycles. The van der Waals surface area contributed by atoms with Gasteiger partial charge in [-0.15, -0.1) is 0 Å². The van der Waals surface area contributed by atoms with E-state index < -0.39 is 22.7 Å². The minimum absolute atomic E-state index is 0.000693. The number of benzene rings is 2. The topological polar surface area (TPSA) is 114 Å². The van der Waals surface area contributed by atoms with Gasteiger partial charge in [0.05, 0.1) is 22.1 Å². The number of carbonyl (C=O) groups is 2. The number of likely N-dealkylation sites (tertiary alicyclic amines) is 1. The van der Waals surface area contributed by atoms with E-state index in [9.17, 15) is 24.8 Å². The molecule has 1 aliphatic rings. The molecule has 4 rings (SSSR count). The van der Waals surface area contributed by atoms with E-state index in [4.69, 9.17) is 0 Å². The van der Waals surface area contributed by atoms with Crippen LogP contribution in [0.15, 0.2) is 84.7 Å². The van der Waals surface area contributed by atoms with Crippen molar-refractivity contribution < 1.29 is 19.6 Å². The summed E-state index contributed by atoms with van der Waals surface area (Å²) >= 11 is 0. The first-order valence-corrected chi connectivity index (χ1v) is 9.45. The second-order valence-electron chi connectivity index (χ2n) is 6.97. The second-order valence-corrected chi connectivity index (χ2v) is 6.97. The van der Waals surface area contributed by atoms with Crippen molar-refractivity contribution >= 4 is 23.1 Å². The van der Waals surface area contributed by atoms with E-state index in [0.717, 1.165) is 0 Å². The number of Topliss-reactive ketones (excluding diaryl/α,β-unsaturated/α-hetero) is 1. The molecule has 1 fully saturated rings. The molecular weight excluding hydrogens is 398 g/mol. The predicted molar refractivity (Wildman–Crippen MR) is 112 cm³/mol. The number of rotatable bonds is 5. The summed E-state index contributed by atoms with van der Waals surface area (Å²) in [4.78, 5) is 42.3. The lowest BCUT2D eigenvalue weighted by atomic mass is 9.94. The Labute approximate surface area is 177 Å². The van der Waals surface area contributed by atoms with Crippen LogP contribution in [0.3, 0.4) is 0 Å². The lowest BCUT2D eigenvalue weighted by Gasteiger charge is -2.25. The van der Waals surface area contributed by atoms with Gasteiger partial charge in [-0.25, -0.2) is 0 Å². The van der Waals surface area contributed by atoms with Gasteiger partial charge in [0.15, 0.2) is 0 Å². The third-order valence-corrected chi connectivity index (χ3v) is 5.09. The number of ketones is 1. The highest BCUT2D eigenvalue weighted by atomic mass is 16.6. The van der Waals surface area contributed by atoms with E-state index >= 15 is 0 Å². The summed E-state index contributed by atoms with van der Waals surface area (Å²) in [5, 5.41) is 22.6. The molecule has 1 unspecified atom stereocenters. The monoisotopic (exact) mass is 415 g/mol. The first-order valence-electron chi connectivity index (χ1n) is 9.45. The number of pyridine rings is 1. The molecule has 8 heteroatoms. The fourth-order valence-electron chi connectivity index (χ4n) is 3.69. The van der Waals surface area contributed by atoms with Crippen LogP contribution < -0.4 is 0 Å². The normalized spacial score (nSPS) is 17.7. The fourth-order valence-corrected chi connectivity index (χ4v) is 3.69. The van der Waals surface area contributed by atoms with Crippen molar-refractivity contribution in [2.75, 3.05) is 0 Å². The molecule has 8 nitrogen and oxygen atoms in total. The van der Waals surface area contributed by atoms with Crippen LogP contribution in [0.1, 0.15) is 22.7 Å². The molecule has 0 aliphatic carbocycles. The van der Waals surface area contributed by atoms with Gasteiger partial charge < -0.3 is 10.0 Å². The lowest BCUT2D eigenvalue weighted by Crippen LogP contribution is -2.29. The van der Waals surface area contributed by atoms with Crippen molar-refractivity contribution in [3.8, 4) is 0 Å². The van der Waals surface area contributed by atoms with Gasteiger partial charge in [0.2, 0.25) is 0 Å². The number of hydrogen-bond donors (Lipinski definition) is 1. The average molecular weight is 415 g/mol. The van der Waals surface area contributed by atoms with Crippen molar-refractivity contribution in [1.29, 1.82) is 0 Å². The molecular formula is C23H17N3O5.